The van der Waals surface area contributed by atoms with E-state index in [-0.39, 0.29) is 6.61 Å². The summed E-state index contributed by atoms with van der Waals surface area (Å²) in [6.07, 6.45) is 1.69. The highest BCUT2D eigenvalue weighted by Gasteiger charge is 2.15. The van der Waals surface area contributed by atoms with Gasteiger partial charge in [-0.2, -0.15) is 0 Å². The van der Waals surface area contributed by atoms with Gasteiger partial charge in [-0.1, -0.05) is 31.9 Å². The lowest BCUT2D eigenvalue weighted by atomic mass is 10.1. The van der Waals surface area contributed by atoms with Crippen molar-refractivity contribution >= 4 is 59.4 Å². The quantitative estimate of drug-likeness (QED) is 0.411. The minimum Gasteiger partial charge on any atom is -0.456 e. The molecule has 0 saturated heterocycles. The summed E-state index contributed by atoms with van der Waals surface area (Å²) in [5, 5.41) is 11.4. The van der Waals surface area contributed by atoms with E-state index in [4.69, 9.17) is 8.83 Å². The van der Waals surface area contributed by atoms with E-state index < -0.39 is 0 Å². The first-order valence-electron chi connectivity index (χ1n) is 7.34. The van der Waals surface area contributed by atoms with Crippen molar-refractivity contribution in [1.29, 1.82) is 0 Å². The van der Waals surface area contributed by atoms with Crippen molar-refractivity contribution in [2.45, 2.75) is 0 Å². The number of hydrogen-bond donors (Lipinski definition) is 1. The van der Waals surface area contributed by atoms with Crippen molar-refractivity contribution in [2.75, 3.05) is 6.61 Å². The zero-order valence-corrected chi connectivity index (χ0v) is 15.6. The molecule has 0 radical (unpaired) electrons. The van der Waals surface area contributed by atoms with E-state index in [1.807, 2.05) is 48.5 Å². The van der Waals surface area contributed by atoms with Gasteiger partial charge in [-0.05, 0) is 54.6 Å². The van der Waals surface area contributed by atoms with Gasteiger partial charge in [0.05, 0.1) is 12.2 Å². The summed E-state index contributed by atoms with van der Waals surface area (Å²) in [4.78, 5) is 0. The van der Waals surface area contributed by atoms with Gasteiger partial charge >= 0.3 is 0 Å². The molecule has 0 aliphatic rings. The van der Waals surface area contributed by atoms with Crippen LogP contribution in [0.25, 0.3) is 27.5 Å². The van der Waals surface area contributed by atoms with E-state index in [9.17, 15) is 5.11 Å². The Morgan fingerprint density at radius 3 is 1.79 bits per heavy atom. The first-order chi connectivity index (χ1) is 11.6. The van der Waals surface area contributed by atoms with Crippen molar-refractivity contribution < 1.29 is 13.9 Å². The van der Waals surface area contributed by atoms with Crippen molar-refractivity contribution in [3.8, 4) is 0 Å². The average molecular weight is 448 g/mol. The highest BCUT2D eigenvalue weighted by molar-refractivity contribution is 9.10. The number of rotatable bonds is 3. The normalized spacial score (nSPS) is 11.3. The molecule has 3 nitrogen and oxygen atoms in total. The lowest BCUT2D eigenvalue weighted by Crippen LogP contribution is -1.85. The van der Waals surface area contributed by atoms with Crippen molar-refractivity contribution in [3.05, 3.63) is 75.1 Å². The molecule has 4 aromatic rings. The van der Waals surface area contributed by atoms with Crippen LogP contribution in [0.3, 0.4) is 0 Å². The molecule has 0 unspecified atom stereocenters. The van der Waals surface area contributed by atoms with Gasteiger partial charge in [0.2, 0.25) is 0 Å². The smallest absolute Gasteiger partial charge is 0.138 e. The first kappa shape index (κ1) is 15.7. The van der Waals surface area contributed by atoms with Gasteiger partial charge in [-0.25, -0.2) is 0 Å². The van der Waals surface area contributed by atoms with E-state index in [2.05, 4.69) is 31.9 Å². The fourth-order valence-electron chi connectivity index (χ4n) is 2.71. The van der Waals surface area contributed by atoms with Crippen LogP contribution in [0.2, 0.25) is 0 Å². The molecule has 0 aliphatic carbocycles. The Morgan fingerprint density at radius 1 is 0.833 bits per heavy atom. The van der Waals surface area contributed by atoms with Crippen LogP contribution in [0.15, 0.2) is 72.4 Å². The van der Waals surface area contributed by atoms with E-state index in [1.54, 1.807) is 6.08 Å². The molecule has 2 aromatic carbocycles. The second-order valence-corrected chi connectivity index (χ2v) is 7.22. The Balaban J connectivity index is 1.86. The second-order valence-electron chi connectivity index (χ2n) is 5.39. The number of furan rings is 2. The van der Waals surface area contributed by atoms with E-state index >= 15 is 0 Å². The van der Waals surface area contributed by atoms with Crippen LogP contribution in [0.1, 0.15) is 11.5 Å². The largest absolute Gasteiger partial charge is 0.456 e. The molecule has 5 heteroatoms. The molecule has 4 rings (SSSR count). The third-order valence-electron chi connectivity index (χ3n) is 3.78. The van der Waals surface area contributed by atoms with Gasteiger partial charge in [0.25, 0.3) is 0 Å². The summed E-state index contributed by atoms with van der Waals surface area (Å²) in [6, 6.07) is 15.6. The van der Waals surface area contributed by atoms with Crippen LogP contribution in [-0.2, 0) is 0 Å². The van der Waals surface area contributed by atoms with Crippen LogP contribution in [0.4, 0.5) is 0 Å². The lowest BCUT2D eigenvalue weighted by Gasteiger charge is -1.99. The zero-order chi connectivity index (χ0) is 16.7. The Morgan fingerprint density at radius 2 is 1.33 bits per heavy atom. The highest BCUT2D eigenvalue weighted by Crippen LogP contribution is 2.34. The van der Waals surface area contributed by atoms with Crippen LogP contribution >= 0.6 is 31.9 Å². The number of benzene rings is 2. The van der Waals surface area contributed by atoms with Crippen LogP contribution in [0, 0.1) is 0 Å². The summed E-state index contributed by atoms with van der Waals surface area (Å²) in [5.41, 5.74) is 2.31. The highest BCUT2D eigenvalue weighted by atomic mass is 79.9. The fraction of sp³-hybridized carbons (Fsp3) is 0.0526. The van der Waals surface area contributed by atoms with Gasteiger partial charge in [0, 0.05) is 19.7 Å². The minimum atomic E-state index is -0.100. The SMILES string of the molecule is OCC=C(c1cc2cc(Br)ccc2o1)c1cc2cc(Br)ccc2o1. The summed E-state index contributed by atoms with van der Waals surface area (Å²) < 4.78 is 13.9. The maximum absolute atomic E-state index is 9.42. The predicted molar refractivity (Wildman–Crippen MR) is 102 cm³/mol. The van der Waals surface area contributed by atoms with Crippen LogP contribution < -0.4 is 0 Å². The molecule has 0 spiro atoms. The van der Waals surface area contributed by atoms with E-state index in [1.165, 1.54) is 0 Å². The van der Waals surface area contributed by atoms with E-state index in [0.717, 1.165) is 36.5 Å². The number of aliphatic hydroxyl groups is 1. The molecule has 0 saturated carbocycles. The number of halogens is 2. The lowest BCUT2D eigenvalue weighted by molar-refractivity contribution is 0.342. The predicted octanol–water partition coefficient (Wildman–Crippen LogP) is 6.13. The molecule has 2 aromatic heterocycles. The summed E-state index contributed by atoms with van der Waals surface area (Å²) >= 11 is 6.93. The Bertz CT molecular complexity index is 991. The average Bonchev–Trinajstić information content (AvgIpc) is 3.15. The molecule has 0 bridgehead atoms. The first-order valence-corrected chi connectivity index (χ1v) is 8.92. The molecule has 120 valence electrons. The van der Waals surface area contributed by atoms with Crippen molar-refractivity contribution in [3.63, 3.8) is 0 Å². The topological polar surface area (TPSA) is 46.5 Å². The maximum Gasteiger partial charge on any atom is 0.138 e. The maximum atomic E-state index is 9.42. The molecule has 24 heavy (non-hydrogen) atoms. The molecule has 0 amide bonds. The number of fused-ring (bicyclic) bond motifs is 2. The Labute approximate surface area is 154 Å². The Hall–Kier alpha value is -1.82. The van der Waals surface area contributed by atoms with Crippen LogP contribution in [-0.4, -0.2) is 11.7 Å². The molecule has 0 aliphatic heterocycles. The third-order valence-corrected chi connectivity index (χ3v) is 4.77. The molecular weight excluding hydrogens is 436 g/mol. The monoisotopic (exact) mass is 446 g/mol. The molecule has 0 fully saturated rings. The standard InChI is InChI=1S/C19H12Br2O3/c20-13-1-3-16-11(7-13)9-18(23-16)15(5-6-22)19-10-12-8-14(21)2-4-17(12)24-19/h1-5,7-10,22H,6H2. The second kappa shape index (κ2) is 6.24. The molecule has 1 N–H and O–H groups in total. The number of hydrogen-bond acceptors (Lipinski definition) is 3. The molecule has 0 atom stereocenters. The van der Waals surface area contributed by atoms with E-state index in [0.29, 0.717) is 11.5 Å². The molecular formula is C19H12Br2O3. The van der Waals surface area contributed by atoms with Gasteiger partial charge in [-0.15, -0.1) is 0 Å². The molecule has 2 heterocycles. The number of aliphatic hydroxyl groups excluding tert-OH is 1. The van der Waals surface area contributed by atoms with Gasteiger partial charge in [0.1, 0.15) is 22.7 Å². The van der Waals surface area contributed by atoms with Crippen LogP contribution in [0.5, 0.6) is 0 Å². The Kier molecular flexibility index (Phi) is 4.08. The van der Waals surface area contributed by atoms with Gasteiger partial charge in [0.15, 0.2) is 0 Å². The van der Waals surface area contributed by atoms with Crippen molar-refractivity contribution in [1.82, 2.24) is 0 Å². The third kappa shape index (κ3) is 2.83. The summed E-state index contributed by atoms with van der Waals surface area (Å²) in [7, 11) is 0. The van der Waals surface area contributed by atoms with Gasteiger partial charge in [-0.3, -0.25) is 0 Å². The zero-order valence-electron chi connectivity index (χ0n) is 12.4. The fourth-order valence-corrected chi connectivity index (χ4v) is 3.47. The van der Waals surface area contributed by atoms with Gasteiger partial charge < -0.3 is 13.9 Å². The minimum absolute atomic E-state index is 0.100. The van der Waals surface area contributed by atoms with Crippen molar-refractivity contribution in [2.24, 2.45) is 0 Å². The summed E-state index contributed by atoms with van der Waals surface area (Å²) in [6.45, 7) is -0.100. The summed E-state index contributed by atoms with van der Waals surface area (Å²) in [5.74, 6) is 1.32.